The molecule has 0 atom stereocenters. The van der Waals surface area contributed by atoms with E-state index >= 15 is 0 Å². The van der Waals surface area contributed by atoms with E-state index in [-0.39, 0.29) is 6.42 Å². The van der Waals surface area contributed by atoms with Crippen molar-refractivity contribution in [2.24, 2.45) is 0 Å². The number of hydrogen-bond acceptors (Lipinski definition) is 4. The van der Waals surface area contributed by atoms with E-state index in [1.807, 2.05) is 31.2 Å². The zero-order valence-electron chi connectivity index (χ0n) is 8.29. The van der Waals surface area contributed by atoms with Crippen molar-refractivity contribution in [3.8, 4) is 5.69 Å². The molecule has 0 fully saturated rings. The number of carbonyl (C=O) groups excluding carboxylic acids is 1. The van der Waals surface area contributed by atoms with Crippen molar-refractivity contribution in [2.75, 3.05) is 0 Å². The van der Waals surface area contributed by atoms with Crippen LogP contribution in [0.4, 0.5) is 0 Å². The van der Waals surface area contributed by atoms with E-state index in [0.29, 0.717) is 5.82 Å². The lowest BCUT2D eigenvalue weighted by atomic mass is 10.2. The predicted molar refractivity (Wildman–Crippen MR) is 53.7 cm³/mol. The smallest absolute Gasteiger partial charge is 0.182 e. The summed E-state index contributed by atoms with van der Waals surface area (Å²) in [6.45, 7) is 1.99. The molecule has 0 aliphatic rings. The maximum absolute atomic E-state index is 10.3. The molecule has 0 bridgehead atoms. The molecule has 0 aliphatic carbocycles. The van der Waals surface area contributed by atoms with E-state index < -0.39 is 0 Å². The average molecular weight is 202 g/mol. The standard InChI is InChI=1S/C10H10N4O/c1-8-3-2-4-9(7-8)14-12-10(5-6-15)11-13-14/h2-4,6-7H,5H2,1H3. The van der Waals surface area contributed by atoms with Crippen molar-refractivity contribution in [2.45, 2.75) is 13.3 Å². The van der Waals surface area contributed by atoms with Gasteiger partial charge in [0.25, 0.3) is 0 Å². The van der Waals surface area contributed by atoms with Gasteiger partial charge in [-0.05, 0) is 29.8 Å². The van der Waals surface area contributed by atoms with Crippen LogP contribution in [-0.2, 0) is 11.2 Å². The third-order valence-corrected chi connectivity index (χ3v) is 1.95. The number of benzene rings is 1. The number of tetrazole rings is 1. The van der Waals surface area contributed by atoms with Crippen LogP contribution in [0.3, 0.4) is 0 Å². The summed E-state index contributed by atoms with van der Waals surface area (Å²) in [5.74, 6) is 0.437. The molecule has 1 heterocycles. The van der Waals surface area contributed by atoms with Crippen molar-refractivity contribution >= 4 is 6.29 Å². The summed E-state index contributed by atoms with van der Waals surface area (Å²) in [4.78, 5) is 11.7. The highest BCUT2D eigenvalue weighted by molar-refractivity contribution is 5.52. The Bertz CT molecular complexity index is 478. The third-order valence-electron chi connectivity index (χ3n) is 1.95. The molecule has 76 valence electrons. The van der Waals surface area contributed by atoms with Crippen LogP contribution in [0.25, 0.3) is 5.69 Å². The molecule has 0 amide bonds. The van der Waals surface area contributed by atoms with Crippen LogP contribution >= 0.6 is 0 Å². The molecule has 2 rings (SSSR count). The summed E-state index contributed by atoms with van der Waals surface area (Å²) in [5, 5.41) is 11.7. The van der Waals surface area contributed by atoms with Crippen LogP contribution in [0.5, 0.6) is 0 Å². The van der Waals surface area contributed by atoms with Gasteiger partial charge in [-0.1, -0.05) is 12.1 Å². The van der Waals surface area contributed by atoms with Crippen LogP contribution < -0.4 is 0 Å². The number of aromatic nitrogens is 4. The zero-order chi connectivity index (χ0) is 10.7. The zero-order valence-corrected chi connectivity index (χ0v) is 8.29. The molecule has 1 aromatic carbocycles. The number of aryl methyl sites for hydroxylation is 1. The summed E-state index contributed by atoms with van der Waals surface area (Å²) in [6, 6.07) is 7.76. The topological polar surface area (TPSA) is 60.7 Å². The fraction of sp³-hybridized carbons (Fsp3) is 0.200. The molecule has 1 aromatic heterocycles. The van der Waals surface area contributed by atoms with Gasteiger partial charge < -0.3 is 4.79 Å². The van der Waals surface area contributed by atoms with E-state index in [1.54, 1.807) is 0 Å². The predicted octanol–water partition coefficient (Wildman–Crippen LogP) is 0.712. The average Bonchev–Trinajstić information content (AvgIpc) is 2.67. The Morgan fingerprint density at radius 2 is 2.33 bits per heavy atom. The molecular weight excluding hydrogens is 192 g/mol. The quantitative estimate of drug-likeness (QED) is 0.688. The maximum atomic E-state index is 10.3. The van der Waals surface area contributed by atoms with E-state index in [4.69, 9.17) is 0 Å². The second-order valence-electron chi connectivity index (χ2n) is 3.20. The van der Waals surface area contributed by atoms with Gasteiger partial charge in [0.1, 0.15) is 6.29 Å². The van der Waals surface area contributed by atoms with Gasteiger partial charge in [-0.3, -0.25) is 0 Å². The largest absolute Gasteiger partial charge is 0.303 e. The summed E-state index contributed by atoms with van der Waals surface area (Å²) >= 11 is 0. The highest BCUT2D eigenvalue weighted by Crippen LogP contribution is 2.06. The number of carbonyl (C=O) groups is 1. The lowest BCUT2D eigenvalue weighted by molar-refractivity contribution is -0.107. The summed E-state index contributed by atoms with van der Waals surface area (Å²) in [7, 11) is 0. The Labute approximate surface area is 86.7 Å². The molecule has 0 N–H and O–H groups in total. The molecule has 0 saturated heterocycles. The summed E-state index contributed by atoms with van der Waals surface area (Å²) < 4.78 is 0. The van der Waals surface area contributed by atoms with Crippen molar-refractivity contribution in [1.82, 2.24) is 20.2 Å². The van der Waals surface area contributed by atoms with Gasteiger partial charge in [-0.25, -0.2) is 0 Å². The highest BCUT2D eigenvalue weighted by Gasteiger charge is 2.03. The van der Waals surface area contributed by atoms with Gasteiger partial charge in [0.2, 0.25) is 0 Å². The Morgan fingerprint density at radius 3 is 3.07 bits per heavy atom. The molecule has 0 radical (unpaired) electrons. The van der Waals surface area contributed by atoms with Crippen LogP contribution in [-0.4, -0.2) is 26.5 Å². The van der Waals surface area contributed by atoms with Gasteiger partial charge in [0.05, 0.1) is 12.1 Å². The fourth-order valence-electron chi connectivity index (χ4n) is 1.26. The molecular formula is C10H10N4O. The molecule has 0 saturated carbocycles. The van der Waals surface area contributed by atoms with Crippen LogP contribution in [0, 0.1) is 6.92 Å². The highest BCUT2D eigenvalue weighted by atomic mass is 16.1. The SMILES string of the molecule is Cc1cccc(-n2nnc(CC=O)n2)c1. The van der Waals surface area contributed by atoms with Crippen LogP contribution in [0.15, 0.2) is 24.3 Å². The Kier molecular flexibility index (Phi) is 2.53. The third kappa shape index (κ3) is 2.07. The minimum Gasteiger partial charge on any atom is -0.303 e. The van der Waals surface area contributed by atoms with Crippen molar-refractivity contribution in [3.63, 3.8) is 0 Å². The Balaban J connectivity index is 2.32. The van der Waals surface area contributed by atoms with E-state index in [1.165, 1.54) is 4.80 Å². The first-order valence-corrected chi connectivity index (χ1v) is 4.59. The molecule has 15 heavy (non-hydrogen) atoms. The van der Waals surface area contributed by atoms with Gasteiger partial charge in [0, 0.05) is 0 Å². The maximum Gasteiger partial charge on any atom is 0.182 e. The molecule has 0 unspecified atom stereocenters. The molecule has 0 aliphatic heterocycles. The number of rotatable bonds is 3. The van der Waals surface area contributed by atoms with Gasteiger partial charge >= 0.3 is 0 Å². The minimum atomic E-state index is 0.200. The lowest BCUT2D eigenvalue weighted by Crippen LogP contribution is -1.99. The number of aldehydes is 1. The first kappa shape index (κ1) is 9.51. The van der Waals surface area contributed by atoms with Crippen LogP contribution in [0.2, 0.25) is 0 Å². The Hall–Kier alpha value is -2.04. The molecule has 0 spiro atoms. The second-order valence-corrected chi connectivity index (χ2v) is 3.20. The van der Waals surface area contributed by atoms with Gasteiger partial charge in [0.15, 0.2) is 5.82 Å². The molecule has 5 nitrogen and oxygen atoms in total. The van der Waals surface area contributed by atoms with Gasteiger partial charge in [-0.15, -0.1) is 15.0 Å². The summed E-state index contributed by atoms with van der Waals surface area (Å²) in [6.07, 6.45) is 0.962. The first-order chi connectivity index (χ1) is 7.29. The summed E-state index contributed by atoms with van der Waals surface area (Å²) in [5.41, 5.74) is 1.97. The minimum absolute atomic E-state index is 0.200. The first-order valence-electron chi connectivity index (χ1n) is 4.59. The van der Waals surface area contributed by atoms with Crippen LogP contribution in [0.1, 0.15) is 11.4 Å². The number of nitrogens with zero attached hydrogens (tertiary/aromatic N) is 4. The van der Waals surface area contributed by atoms with E-state index in [9.17, 15) is 4.79 Å². The number of hydrogen-bond donors (Lipinski definition) is 0. The van der Waals surface area contributed by atoms with E-state index in [2.05, 4.69) is 15.4 Å². The Morgan fingerprint density at radius 1 is 1.47 bits per heavy atom. The van der Waals surface area contributed by atoms with Crippen molar-refractivity contribution in [1.29, 1.82) is 0 Å². The second kappa shape index (κ2) is 4.00. The lowest BCUT2D eigenvalue weighted by Gasteiger charge is -1.98. The van der Waals surface area contributed by atoms with Crippen molar-refractivity contribution < 1.29 is 4.79 Å². The normalized spacial score (nSPS) is 10.2. The van der Waals surface area contributed by atoms with E-state index in [0.717, 1.165) is 17.5 Å². The molecule has 2 aromatic rings. The van der Waals surface area contributed by atoms with Crippen molar-refractivity contribution in [3.05, 3.63) is 35.7 Å². The molecule has 5 heteroatoms. The van der Waals surface area contributed by atoms with Gasteiger partial charge in [-0.2, -0.15) is 0 Å². The monoisotopic (exact) mass is 202 g/mol. The fourth-order valence-corrected chi connectivity index (χ4v) is 1.26.